The Morgan fingerprint density at radius 1 is 1.18 bits per heavy atom. The molecule has 0 heterocycles. The summed E-state index contributed by atoms with van der Waals surface area (Å²) in [4.78, 5) is 23.6. The molecule has 0 bridgehead atoms. The van der Waals surface area contributed by atoms with Gasteiger partial charge >= 0.3 is 0 Å². The van der Waals surface area contributed by atoms with Crippen LogP contribution in [0.4, 0.5) is 8.78 Å². The standard InChI is InChI=1S/C16H20F2N2O2/c17-12-7-6-10(8-13(12)18)9-14(21)20-15(16(19)22)11-4-2-1-3-5-11/h6-8,11,15H,1-5,9H2,(H2,19,22)(H,20,21)/t15-/m0/s1. The van der Waals surface area contributed by atoms with Crippen LogP contribution in [-0.2, 0) is 16.0 Å². The number of carbonyl (C=O) groups is 2. The summed E-state index contributed by atoms with van der Waals surface area (Å²) in [6.45, 7) is 0. The first-order valence-electron chi connectivity index (χ1n) is 7.50. The first kappa shape index (κ1) is 16.4. The number of benzene rings is 1. The van der Waals surface area contributed by atoms with Gasteiger partial charge in [-0.15, -0.1) is 0 Å². The van der Waals surface area contributed by atoms with Crippen molar-refractivity contribution in [3.63, 3.8) is 0 Å². The van der Waals surface area contributed by atoms with E-state index in [9.17, 15) is 18.4 Å². The maximum absolute atomic E-state index is 13.1. The van der Waals surface area contributed by atoms with Crippen LogP contribution in [0.1, 0.15) is 37.7 Å². The van der Waals surface area contributed by atoms with Crippen molar-refractivity contribution in [3.8, 4) is 0 Å². The first-order valence-corrected chi connectivity index (χ1v) is 7.50. The van der Waals surface area contributed by atoms with Gasteiger partial charge in [0.05, 0.1) is 6.42 Å². The zero-order valence-electron chi connectivity index (χ0n) is 12.3. The third-order valence-electron chi connectivity index (χ3n) is 4.09. The predicted molar refractivity (Wildman–Crippen MR) is 77.8 cm³/mol. The molecule has 2 amide bonds. The van der Waals surface area contributed by atoms with Crippen molar-refractivity contribution in [2.75, 3.05) is 0 Å². The molecule has 0 radical (unpaired) electrons. The minimum Gasteiger partial charge on any atom is -0.368 e. The van der Waals surface area contributed by atoms with Gasteiger partial charge in [-0.2, -0.15) is 0 Å². The van der Waals surface area contributed by atoms with Crippen molar-refractivity contribution in [2.45, 2.75) is 44.6 Å². The molecule has 0 aliphatic heterocycles. The Labute approximate surface area is 128 Å². The van der Waals surface area contributed by atoms with Crippen LogP contribution < -0.4 is 11.1 Å². The molecule has 0 spiro atoms. The number of hydrogen-bond donors (Lipinski definition) is 2. The van der Waals surface area contributed by atoms with Gasteiger partial charge in [0.1, 0.15) is 6.04 Å². The Morgan fingerprint density at radius 3 is 2.45 bits per heavy atom. The molecule has 0 saturated heterocycles. The molecular weight excluding hydrogens is 290 g/mol. The van der Waals surface area contributed by atoms with Gasteiger partial charge in [-0.3, -0.25) is 9.59 Å². The lowest BCUT2D eigenvalue weighted by Gasteiger charge is -2.28. The molecule has 0 unspecified atom stereocenters. The second-order valence-corrected chi connectivity index (χ2v) is 5.77. The van der Waals surface area contributed by atoms with E-state index in [-0.39, 0.29) is 12.3 Å². The number of nitrogens with one attached hydrogen (secondary N) is 1. The lowest BCUT2D eigenvalue weighted by molar-refractivity contribution is -0.128. The Morgan fingerprint density at radius 2 is 1.86 bits per heavy atom. The van der Waals surface area contributed by atoms with Gasteiger partial charge in [-0.05, 0) is 36.5 Å². The van der Waals surface area contributed by atoms with E-state index in [2.05, 4.69) is 5.32 Å². The number of rotatable bonds is 5. The molecule has 3 N–H and O–H groups in total. The van der Waals surface area contributed by atoms with Crippen molar-refractivity contribution in [1.29, 1.82) is 0 Å². The van der Waals surface area contributed by atoms with Gasteiger partial charge in [0.2, 0.25) is 11.8 Å². The fourth-order valence-corrected chi connectivity index (χ4v) is 2.95. The number of carbonyl (C=O) groups excluding carboxylic acids is 2. The van der Waals surface area contributed by atoms with E-state index in [1.807, 2.05) is 0 Å². The van der Waals surface area contributed by atoms with Crippen LogP contribution in [0.5, 0.6) is 0 Å². The van der Waals surface area contributed by atoms with Crippen molar-refractivity contribution in [2.24, 2.45) is 11.7 Å². The maximum atomic E-state index is 13.1. The lowest BCUT2D eigenvalue weighted by Crippen LogP contribution is -2.50. The van der Waals surface area contributed by atoms with Crippen LogP contribution in [0.3, 0.4) is 0 Å². The zero-order valence-corrected chi connectivity index (χ0v) is 12.3. The van der Waals surface area contributed by atoms with E-state index in [1.54, 1.807) is 0 Å². The summed E-state index contributed by atoms with van der Waals surface area (Å²) in [6, 6.07) is 2.61. The lowest BCUT2D eigenvalue weighted by atomic mass is 9.83. The number of nitrogens with two attached hydrogens (primary N) is 1. The van der Waals surface area contributed by atoms with Crippen molar-refractivity contribution >= 4 is 11.8 Å². The van der Waals surface area contributed by atoms with E-state index < -0.39 is 29.5 Å². The van der Waals surface area contributed by atoms with Crippen LogP contribution in [0.2, 0.25) is 0 Å². The molecule has 2 rings (SSSR count). The summed E-state index contributed by atoms with van der Waals surface area (Å²) >= 11 is 0. The smallest absolute Gasteiger partial charge is 0.240 e. The summed E-state index contributed by atoms with van der Waals surface area (Å²) in [6.07, 6.45) is 4.78. The summed E-state index contributed by atoms with van der Waals surface area (Å²) < 4.78 is 26.0. The monoisotopic (exact) mass is 310 g/mol. The van der Waals surface area contributed by atoms with Gasteiger partial charge in [-0.1, -0.05) is 25.3 Å². The van der Waals surface area contributed by atoms with Gasteiger partial charge in [-0.25, -0.2) is 8.78 Å². The number of hydrogen-bond acceptors (Lipinski definition) is 2. The summed E-state index contributed by atoms with van der Waals surface area (Å²) in [5, 5.41) is 2.64. The molecule has 120 valence electrons. The van der Waals surface area contributed by atoms with Crippen LogP contribution in [0, 0.1) is 17.6 Å². The average molecular weight is 310 g/mol. The third kappa shape index (κ3) is 4.26. The highest BCUT2D eigenvalue weighted by atomic mass is 19.2. The topological polar surface area (TPSA) is 72.2 Å². The summed E-state index contributed by atoms with van der Waals surface area (Å²) in [7, 11) is 0. The van der Waals surface area contributed by atoms with Gasteiger partial charge < -0.3 is 11.1 Å². The summed E-state index contributed by atoms with van der Waals surface area (Å²) in [5.74, 6) is -2.86. The molecule has 22 heavy (non-hydrogen) atoms. The molecule has 1 atom stereocenters. The van der Waals surface area contributed by atoms with Crippen LogP contribution in [0.25, 0.3) is 0 Å². The molecule has 1 saturated carbocycles. The van der Waals surface area contributed by atoms with Crippen molar-refractivity contribution in [3.05, 3.63) is 35.4 Å². The van der Waals surface area contributed by atoms with Crippen molar-refractivity contribution < 1.29 is 18.4 Å². The second-order valence-electron chi connectivity index (χ2n) is 5.77. The zero-order chi connectivity index (χ0) is 16.1. The molecule has 4 nitrogen and oxygen atoms in total. The Kier molecular flexibility index (Phi) is 5.46. The average Bonchev–Trinajstić information content (AvgIpc) is 2.49. The molecule has 0 aromatic heterocycles. The Balaban J connectivity index is 1.98. The van der Waals surface area contributed by atoms with Gasteiger partial charge in [0.25, 0.3) is 0 Å². The van der Waals surface area contributed by atoms with E-state index in [0.29, 0.717) is 5.56 Å². The first-order chi connectivity index (χ1) is 10.5. The molecular formula is C16H20F2N2O2. The highest BCUT2D eigenvalue weighted by Gasteiger charge is 2.29. The van der Waals surface area contributed by atoms with Crippen LogP contribution >= 0.6 is 0 Å². The number of primary amides is 1. The largest absolute Gasteiger partial charge is 0.368 e. The van der Waals surface area contributed by atoms with E-state index >= 15 is 0 Å². The molecule has 6 heteroatoms. The highest BCUT2D eigenvalue weighted by Crippen LogP contribution is 2.26. The Hall–Kier alpha value is -1.98. The fourth-order valence-electron chi connectivity index (χ4n) is 2.95. The highest BCUT2D eigenvalue weighted by molar-refractivity contribution is 5.87. The van der Waals surface area contributed by atoms with Crippen LogP contribution in [0.15, 0.2) is 18.2 Å². The van der Waals surface area contributed by atoms with Gasteiger partial charge in [0.15, 0.2) is 11.6 Å². The van der Waals surface area contributed by atoms with E-state index in [0.717, 1.165) is 44.2 Å². The minimum absolute atomic E-state index is 0.0557. The second kappa shape index (κ2) is 7.33. The summed E-state index contributed by atoms with van der Waals surface area (Å²) in [5.41, 5.74) is 5.74. The SMILES string of the molecule is NC(=O)[C@@H](NC(=O)Cc1ccc(F)c(F)c1)C1CCCCC1. The normalized spacial score (nSPS) is 17.0. The number of amides is 2. The van der Waals surface area contributed by atoms with Crippen molar-refractivity contribution in [1.82, 2.24) is 5.32 Å². The predicted octanol–water partition coefficient (Wildman–Crippen LogP) is 2.06. The van der Waals surface area contributed by atoms with Crippen LogP contribution in [-0.4, -0.2) is 17.9 Å². The quantitative estimate of drug-likeness (QED) is 0.874. The number of halogens is 2. The van der Waals surface area contributed by atoms with E-state index in [4.69, 9.17) is 5.73 Å². The Bertz CT molecular complexity index is 557. The maximum Gasteiger partial charge on any atom is 0.240 e. The molecule has 1 fully saturated rings. The molecule has 1 aromatic carbocycles. The third-order valence-corrected chi connectivity index (χ3v) is 4.09. The molecule has 1 aliphatic carbocycles. The van der Waals surface area contributed by atoms with E-state index in [1.165, 1.54) is 6.07 Å². The molecule has 1 aliphatic rings. The fraction of sp³-hybridized carbons (Fsp3) is 0.500. The minimum atomic E-state index is -0.996. The molecule has 1 aromatic rings. The van der Waals surface area contributed by atoms with Gasteiger partial charge in [0, 0.05) is 0 Å².